The third-order valence-electron chi connectivity index (χ3n) is 3.84. The topological polar surface area (TPSA) is 90.5 Å². The van der Waals surface area contributed by atoms with Crippen molar-refractivity contribution in [2.45, 2.75) is 6.92 Å². The molecule has 2 aromatic rings. The molecular weight excluding hydrogens is 332 g/mol. The largest absolute Gasteiger partial charge is 0.376 e. The van der Waals surface area contributed by atoms with Crippen LogP contribution in [0.2, 0.25) is 0 Å². The predicted octanol–water partition coefficient (Wildman–Crippen LogP) is 2.08. The van der Waals surface area contributed by atoms with Crippen molar-refractivity contribution in [3.63, 3.8) is 0 Å². The Hall–Kier alpha value is -3.35. The van der Waals surface area contributed by atoms with E-state index in [1.807, 2.05) is 0 Å². The number of anilines is 3. The molecule has 7 nitrogen and oxygen atoms in total. The number of carbonyl (C=O) groups is 3. The first-order valence-corrected chi connectivity index (χ1v) is 8.11. The lowest BCUT2D eigenvalue weighted by atomic mass is 10.2. The van der Waals surface area contributed by atoms with Gasteiger partial charge >= 0.3 is 0 Å². The average molecular weight is 354 g/mol. The summed E-state index contributed by atoms with van der Waals surface area (Å²) < 4.78 is 0. The first kappa shape index (κ1) is 19.0. The van der Waals surface area contributed by atoms with Crippen molar-refractivity contribution < 1.29 is 14.4 Å². The van der Waals surface area contributed by atoms with Gasteiger partial charge in [-0.05, 0) is 48.5 Å². The van der Waals surface area contributed by atoms with Gasteiger partial charge in [0.1, 0.15) is 0 Å². The lowest BCUT2D eigenvalue weighted by Gasteiger charge is -2.15. The van der Waals surface area contributed by atoms with E-state index < -0.39 is 0 Å². The Kier molecular flexibility index (Phi) is 6.32. The second-order valence-corrected chi connectivity index (χ2v) is 5.68. The molecule has 0 unspecified atom stereocenters. The lowest BCUT2D eigenvalue weighted by Crippen LogP contribution is -2.23. The Labute approximate surface area is 152 Å². The number of nitrogens with one attached hydrogen (secondary N) is 3. The Bertz CT molecular complexity index is 785. The minimum Gasteiger partial charge on any atom is -0.376 e. The normalized spacial score (nSPS) is 9.96. The summed E-state index contributed by atoms with van der Waals surface area (Å²) in [7, 11) is 3.27. The summed E-state index contributed by atoms with van der Waals surface area (Å²) >= 11 is 0. The van der Waals surface area contributed by atoms with Crippen LogP contribution < -0.4 is 20.9 Å². The molecule has 0 saturated heterocycles. The Morgan fingerprint density at radius 1 is 0.923 bits per heavy atom. The molecule has 0 radical (unpaired) electrons. The maximum atomic E-state index is 12.0. The summed E-state index contributed by atoms with van der Waals surface area (Å²) in [5.41, 5.74) is 2.70. The van der Waals surface area contributed by atoms with Gasteiger partial charge in [-0.1, -0.05) is 0 Å². The van der Waals surface area contributed by atoms with Crippen LogP contribution in [0.3, 0.4) is 0 Å². The number of rotatable bonds is 6. The molecule has 0 spiro atoms. The fourth-order valence-electron chi connectivity index (χ4n) is 2.22. The summed E-state index contributed by atoms with van der Waals surface area (Å²) in [6.45, 7) is 1.59. The molecule has 2 rings (SSSR count). The number of carbonyl (C=O) groups excluding carboxylic acids is 3. The van der Waals surface area contributed by atoms with Crippen LogP contribution >= 0.6 is 0 Å². The first-order chi connectivity index (χ1) is 12.4. The molecule has 0 saturated carbocycles. The van der Waals surface area contributed by atoms with E-state index in [0.29, 0.717) is 11.3 Å². The summed E-state index contributed by atoms with van der Waals surface area (Å²) in [6, 6.07) is 13.9. The van der Waals surface area contributed by atoms with Gasteiger partial charge in [0.25, 0.3) is 5.91 Å². The van der Waals surface area contributed by atoms with E-state index in [0.717, 1.165) is 11.4 Å². The van der Waals surface area contributed by atoms with E-state index in [2.05, 4.69) is 16.0 Å². The fourth-order valence-corrected chi connectivity index (χ4v) is 2.22. The lowest BCUT2D eigenvalue weighted by molar-refractivity contribution is -0.116. The van der Waals surface area contributed by atoms with Crippen LogP contribution in [-0.4, -0.2) is 38.4 Å². The molecule has 0 aliphatic rings. The molecule has 3 amide bonds. The van der Waals surface area contributed by atoms with Crippen LogP contribution in [0.25, 0.3) is 0 Å². The van der Waals surface area contributed by atoms with Gasteiger partial charge in [0.2, 0.25) is 11.8 Å². The number of amides is 3. The van der Waals surface area contributed by atoms with E-state index in [4.69, 9.17) is 0 Å². The van der Waals surface area contributed by atoms with Crippen LogP contribution in [0.15, 0.2) is 48.5 Å². The van der Waals surface area contributed by atoms with Gasteiger partial charge in [-0.3, -0.25) is 14.4 Å². The summed E-state index contributed by atoms with van der Waals surface area (Å²) in [5, 5.41) is 8.31. The molecule has 2 aromatic carbocycles. The van der Waals surface area contributed by atoms with E-state index >= 15 is 0 Å². The van der Waals surface area contributed by atoms with E-state index in [-0.39, 0.29) is 24.3 Å². The Morgan fingerprint density at radius 2 is 1.50 bits per heavy atom. The predicted molar refractivity (Wildman–Crippen MR) is 102 cm³/mol. The number of hydrogen-bond acceptors (Lipinski definition) is 4. The number of benzene rings is 2. The summed E-state index contributed by atoms with van der Waals surface area (Å²) in [6.07, 6.45) is 0. The molecule has 3 N–H and O–H groups in total. The molecule has 0 heterocycles. The zero-order valence-electron chi connectivity index (χ0n) is 15.0. The molecule has 26 heavy (non-hydrogen) atoms. The van der Waals surface area contributed by atoms with Crippen LogP contribution in [0.4, 0.5) is 17.1 Å². The highest BCUT2D eigenvalue weighted by atomic mass is 16.2. The average Bonchev–Trinajstić information content (AvgIpc) is 2.66. The molecule has 0 aliphatic heterocycles. The molecule has 7 heteroatoms. The standard InChI is InChI=1S/C19H22N4O3/c1-13(24)23(3)17-10-8-15(9-11-17)21-12-18(25)22-16-6-4-14(5-7-16)19(26)20-2/h4-11,21H,12H2,1-3H3,(H,20,26)(H,22,25). The third kappa shape index (κ3) is 5.07. The van der Waals surface area contributed by atoms with Gasteiger partial charge in [0.15, 0.2) is 0 Å². The van der Waals surface area contributed by atoms with Crippen molar-refractivity contribution >= 4 is 34.8 Å². The monoisotopic (exact) mass is 354 g/mol. The van der Waals surface area contributed by atoms with Crippen molar-refractivity contribution in [3.8, 4) is 0 Å². The van der Waals surface area contributed by atoms with Gasteiger partial charge in [-0.25, -0.2) is 0 Å². The molecule has 0 atom stereocenters. The van der Waals surface area contributed by atoms with Crippen molar-refractivity contribution in [3.05, 3.63) is 54.1 Å². The van der Waals surface area contributed by atoms with Crippen LogP contribution in [0, 0.1) is 0 Å². The second kappa shape index (κ2) is 8.66. The van der Waals surface area contributed by atoms with E-state index in [9.17, 15) is 14.4 Å². The highest BCUT2D eigenvalue weighted by molar-refractivity contribution is 5.96. The molecule has 0 bridgehead atoms. The van der Waals surface area contributed by atoms with Crippen LogP contribution in [-0.2, 0) is 9.59 Å². The van der Waals surface area contributed by atoms with Crippen LogP contribution in [0.5, 0.6) is 0 Å². The maximum absolute atomic E-state index is 12.0. The van der Waals surface area contributed by atoms with Crippen molar-refractivity contribution in [1.82, 2.24) is 5.32 Å². The third-order valence-corrected chi connectivity index (χ3v) is 3.84. The highest BCUT2D eigenvalue weighted by Gasteiger charge is 2.07. The number of hydrogen-bond donors (Lipinski definition) is 3. The minimum absolute atomic E-state index is 0.0486. The van der Waals surface area contributed by atoms with E-state index in [1.165, 1.54) is 6.92 Å². The van der Waals surface area contributed by atoms with E-state index in [1.54, 1.807) is 67.5 Å². The maximum Gasteiger partial charge on any atom is 0.251 e. The van der Waals surface area contributed by atoms with Gasteiger partial charge in [-0.2, -0.15) is 0 Å². The molecule has 136 valence electrons. The van der Waals surface area contributed by atoms with Crippen molar-refractivity contribution in [2.75, 3.05) is 36.2 Å². The summed E-state index contributed by atoms with van der Waals surface area (Å²) in [4.78, 5) is 36.4. The van der Waals surface area contributed by atoms with Gasteiger partial charge in [0.05, 0.1) is 6.54 Å². The molecular formula is C19H22N4O3. The SMILES string of the molecule is CNC(=O)c1ccc(NC(=O)CNc2ccc(N(C)C(C)=O)cc2)cc1. The van der Waals surface area contributed by atoms with Crippen molar-refractivity contribution in [1.29, 1.82) is 0 Å². The van der Waals surface area contributed by atoms with Crippen LogP contribution in [0.1, 0.15) is 17.3 Å². The highest BCUT2D eigenvalue weighted by Crippen LogP contribution is 2.17. The second-order valence-electron chi connectivity index (χ2n) is 5.68. The smallest absolute Gasteiger partial charge is 0.251 e. The van der Waals surface area contributed by atoms with Gasteiger partial charge in [-0.15, -0.1) is 0 Å². The molecule has 0 aromatic heterocycles. The zero-order chi connectivity index (χ0) is 19.1. The fraction of sp³-hybridized carbons (Fsp3) is 0.211. The minimum atomic E-state index is -0.206. The summed E-state index contributed by atoms with van der Waals surface area (Å²) in [5.74, 6) is -0.432. The number of nitrogens with zero attached hydrogens (tertiary/aromatic N) is 1. The molecule has 0 fully saturated rings. The quantitative estimate of drug-likeness (QED) is 0.741. The van der Waals surface area contributed by atoms with Gasteiger partial charge < -0.3 is 20.9 Å². The Balaban J connectivity index is 1.86. The molecule has 0 aliphatic carbocycles. The zero-order valence-corrected chi connectivity index (χ0v) is 15.0. The Morgan fingerprint density at radius 3 is 2.04 bits per heavy atom. The first-order valence-electron chi connectivity index (χ1n) is 8.11. The van der Waals surface area contributed by atoms with Crippen molar-refractivity contribution in [2.24, 2.45) is 0 Å². The van der Waals surface area contributed by atoms with Gasteiger partial charge in [0, 0.05) is 43.6 Å².